The maximum Gasteiger partial charge on any atom is 0.0869 e. The van der Waals surface area contributed by atoms with Gasteiger partial charge in [-0.25, -0.2) is 0 Å². The first-order valence-corrected chi connectivity index (χ1v) is 8.87. The minimum Gasteiger partial charge on any atom is -0.391 e. The molecule has 0 unspecified atom stereocenters. The maximum atomic E-state index is 5.99. The molecule has 0 amide bonds. The van der Waals surface area contributed by atoms with Crippen molar-refractivity contribution in [3.63, 3.8) is 0 Å². The van der Waals surface area contributed by atoms with Crippen molar-refractivity contribution in [2.45, 2.75) is 6.92 Å². The van der Waals surface area contributed by atoms with Gasteiger partial charge in [0.1, 0.15) is 0 Å². The highest BCUT2D eigenvalue weighted by molar-refractivity contribution is 7.23. The van der Waals surface area contributed by atoms with E-state index >= 15 is 0 Å². The van der Waals surface area contributed by atoms with Crippen LogP contribution >= 0.6 is 22.7 Å². The fourth-order valence-electron chi connectivity index (χ4n) is 3.29. The summed E-state index contributed by atoms with van der Waals surface area (Å²) in [6.45, 7) is 2.18. The zero-order valence-electron chi connectivity index (χ0n) is 12.0. The molecular weight excluding hydrogens is 306 g/mol. The minimum atomic E-state index is 0.881. The summed E-state index contributed by atoms with van der Waals surface area (Å²) in [5.74, 6) is 0. The summed E-state index contributed by atoms with van der Waals surface area (Å²) in [7, 11) is 0. The van der Waals surface area contributed by atoms with Crippen molar-refractivity contribution in [3.05, 3.63) is 53.4 Å². The van der Waals surface area contributed by atoms with E-state index in [9.17, 15) is 0 Å². The van der Waals surface area contributed by atoms with Gasteiger partial charge in [0.25, 0.3) is 0 Å². The lowest BCUT2D eigenvalue weighted by atomic mass is 10.0. The van der Waals surface area contributed by atoms with E-state index in [1.54, 1.807) is 11.3 Å². The Labute approximate surface area is 135 Å². The SMILES string of the molecule is Cc1cc2ccc3cc4c(ccc5cc(N)sc54)cc3c2s1. The Hall–Kier alpha value is -2.10. The molecule has 2 heterocycles. The van der Waals surface area contributed by atoms with Crippen LogP contribution in [0.4, 0.5) is 5.00 Å². The molecule has 3 heteroatoms. The van der Waals surface area contributed by atoms with Gasteiger partial charge in [0.05, 0.1) is 5.00 Å². The molecular formula is C19H13NS2. The molecule has 0 saturated heterocycles. The Bertz CT molecular complexity index is 1100. The number of thiophene rings is 2. The second-order valence-corrected chi connectivity index (χ2v) is 8.11. The topological polar surface area (TPSA) is 26.0 Å². The van der Waals surface area contributed by atoms with Crippen LogP contribution < -0.4 is 5.73 Å². The van der Waals surface area contributed by atoms with Crippen molar-refractivity contribution in [1.29, 1.82) is 0 Å². The average molecular weight is 319 g/mol. The van der Waals surface area contributed by atoms with Gasteiger partial charge in [0.15, 0.2) is 0 Å². The Morgan fingerprint density at radius 1 is 0.682 bits per heavy atom. The van der Waals surface area contributed by atoms with Crippen LogP contribution in [0.2, 0.25) is 0 Å². The molecule has 3 aromatic carbocycles. The van der Waals surface area contributed by atoms with Gasteiger partial charge in [0.2, 0.25) is 0 Å². The van der Waals surface area contributed by atoms with E-state index in [4.69, 9.17) is 5.73 Å². The van der Waals surface area contributed by atoms with Gasteiger partial charge in [-0.1, -0.05) is 24.3 Å². The number of fused-ring (bicyclic) bond motifs is 6. The van der Waals surface area contributed by atoms with E-state index < -0.39 is 0 Å². The maximum absolute atomic E-state index is 5.99. The summed E-state index contributed by atoms with van der Waals surface area (Å²) >= 11 is 3.56. The Morgan fingerprint density at radius 3 is 1.91 bits per heavy atom. The molecule has 1 nitrogen and oxygen atoms in total. The van der Waals surface area contributed by atoms with Crippen LogP contribution in [0.1, 0.15) is 4.88 Å². The summed E-state index contributed by atoms with van der Waals surface area (Å²) in [5, 5.41) is 8.72. The van der Waals surface area contributed by atoms with Crippen LogP contribution in [0.25, 0.3) is 41.7 Å². The third-order valence-electron chi connectivity index (χ3n) is 4.26. The highest BCUT2D eigenvalue weighted by atomic mass is 32.1. The van der Waals surface area contributed by atoms with Gasteiger partial charge in [-0.2, -0.15) is 0 Å². The largest absolute Gasteiger partial charge is 0.391 e. The predicted octanol–water partition coefficient (Wildman–Crippen LogP) is 6.31. The second kappa shape index (κ2) is 4.22. The summed E-state index contributed by atoms with van der Waals surface area (Å²) in [6, 6.07) is 17.8. The van der Waals surface area contributed by atoms with E-state index in [1.165, 1.54) is 46.6 Å². The van der Waals surface area contributed by atoms with Gasteiger partial charge in [-0.05, 0) is 52.7 Å². The molecule has 0 radical (unpaired) electrons. The molecule has 5 aromatic rings. The molecule has 0 aliphatic rings. The average Bonchev–Trinajstić information content (AvgIpc) is 3.06. The van der Waals surface area contributed by atoms with E-state index in [-0.39, 0.29) is 0 Å². The number of nitrogens with two attached hydrogens (primary N) is 1. The van der Waals surface area contributed by atoms with Gasteiger partial charge in [-0.3, -0.25) is 0 Å². The van der Waals surface area contributed by atoms with Gasteiger partial charge >= 0.3 is 0 Å². The first-order valence-electron chi connectivity index (χ1n) is 7.24. The van der Waals surface area contributed by atoms with Crippen LogP contribution in [-0.2, 0) is 0 Å². The van der Waals surface area contributed by atoms with Crippen molar-refractivity contribution < 1.29 is 0 Å². The first kappa shape index (κ1) is 12.4. The predicted molar refractivity (Wildman–Crippen MR) is 101 cm³/mol. The lowest BCUT2D eigenvalue weighted by molar-refractivity contribution is 1.66. The number of rotatable bonds is 0. The molecule has 0 atom stereocenters. The molecule has 0 spiro atoms. The number of anilines is 1. The zero-order chi connectivity index (χ0) is 14.8. The highest BCUT2D eigenvalue weighted by Gasteiger charge is 2.09. The summed E-state index contributed by atoms with van der Waals surface area (Å²) in [4.78, 5) is 1.36. The normalized spacial score (nSPS) is 12.0. The van der Waals surface area contributed by atoms with E-state index in [2.05, 4.69) is 55.5 Å². The van der Waals surface area contributed by atoms with Crippen molar-refractivity contribution in [2.75, 3.05) is 5.73 Å². The summed E-state index contributed by atoms with van der Waals surface area (Å²) < 4.78 is 2.68. The number of nitrogen functional groups attached to an aromatic ring is 1. The summed E-state index contributed by atoms with van der Waals surface area (Å²) in [6.07, 6.45) is 0. The van der Waals surface area contributed by atoms with Crippen LogP contribution in [0.15, 0.2) is 48.5 Å². The third kappa shape index (κ3) is 1.64. The smallest absolute Gasteiger partial charge is 0.0869 e. The van der Waals surface area contributed by atoms with Crippen molar-refractivity contribution in [2.24, 2.45) is 0 Å². The molecule has 0 aliphatic heterocycles. The third-order valence-corrected chi connectivity index (χ3v) is 6.37. The van der Waals surface area contributed by atoms with Crippen molar-refractivity contribution >= 4 is 69.4 Å². The number of hydrogen-bond acceptors (Lipinski definition) is 3. The summed E-state index contributed by atoms with van der Waals surface area (Å²) in [5.41, 5.74) is 5.99. The van der Waals surface area contributed by atoms with Crippen molar-refractivity contribution in [1.82, 2.24) is 0 Å². The molecule has 0 fully saturated rings. The fourth-order valence-corrected chi connectivity index (χ4v) is 5.28. The minimum absolute atomic E-state index is 0.881. The standard InChI is InChI=1S/C19H13NS2/c1-10-6-13-4-2-11-8-16-12(7-15(11)18(13)21-10)3-5-14-9-17(20)22-19(14)16/h2-9H,20H2,1H3. The van der Waals surface area contributed by atoms with Crippen molar-refractivity contribution in [3.8, 4) is 0 Å². The molecule has 0 saturated carbocycles. The number of hydrogen-bond donors (Lipinski definition) is 1. The second-order valence-electron chi connectivity index (χ2n) is 5.77. The Kier molecular flexibility index (Phi) is 2.38. The van der Waals surface area contributed by atoms with Gasteiger partial charge in [-0.15, -0.1) is 22.7 Å². The van der Waals surface area contributed by atoms with Crippen LogP contribution in [0.5, 0.6) is 0 Å². The van der Waals surface area contributed by atoms with Gasteiger partial charge in [0, 0.05) is 25.0 Å². The molecule has 0 bridgehead atoms. The molecule has 5 rings (SSSR count). The van der Waals surface area contributed by atoms with E-state index in [1.807, 2.05) is 11.3 Å². The van der Waals surface area contributed by atoms with E-state index in [0.29, 0.717) is 0 Å². The quantitative estimate of drug-likeness (QED) is 0.332. The van der Waals surface area contributed by atoms with Crippen LogP contribution in [-0.4, -0.2) is 0 Å². The Balaban J connectivity index is 2.00. The number of aryl methyl sites for hydroxylation is 1. The molecule has 0 aliphatic carbocycles. The molecule has 22 heavy (non-hydrogen) atoms. The zero-order valence-corrected chi connectivity index (χ0v) is 13.6. The lowest BCUT2D eigenvalue weighted by Crippen LogP contribution is -1.77. The highest BCUT2D eigenvalue weighted by Crippen LogP contribution is 2.39. The van der Waals surface area contributed by atoms with Crippen LogP contribution in [0.3, 0.4) is 0 Å². The first-order chi connectivity index (χ1) is 10.7. The fraction of sp³-hybridized carbons (Fsp3) is 0.0526. The lowest BCUT2D eigenvalue weighted by Gasteiger charge is -2.05. The molecule has 106 valence electrons. The molecule has 2 aromatic heterocycles. The monoisotopic (exact) mass is 319 g/mol. The molecule has 2 N–H and O–H groups in total. The number of benzene rings is 3. The van der Waals surface area contributed by atoms with E-state index in [0.717, 1.165) is 5.00 Å². The Morgan fingerprint density at radius 2 is 1.23 bits per heavy atom. The van der Waals surface area contributed by atoms with Crippen LogP contribution in [0, 0.1) is 6.92 Å². The van der Waals surface area contributed by atoms with Gasteiger partial charge < -0.3 is 5.73 Å².